The molecule has 0 radical (unpaired) electrons. The fourth-order valence-electron chi connectivity index (χ4n) is 2.75. The molecule has 2 amide bonds. The van der Waals surface area contributed by atoms with Crippen molar-refractivity contribution in [2.45, 2.75) is 0 Å². The zero-order chi connectivity index (χ0) is 22.2. The lowest BCUT2D eigenvalue weighted by Crippen LogP contribution is -2.23. The SMILES string of the molecule is COc1ccccc1OCC(=O)Nc1ccccc1C(=O)Nc1ccc(C(=O)O)cc1. The Morgan fingerprint density at radius 3 is 2.16 bits per heavy atom. The Labute approximate surface area is 178 Å². The van der Waals surface area contributed by atoms with Gasteiger partial charge in [-0.1, -0.05) is 24.3 Å². The summed E-state index contributed by atoms with van der Waals surface area (Å²) in [5.41, 5.74) is 1.10. The van der Waals surface area contributed by atoms with E-state index in [-0.39, 0.29) is 17.7 Å². The third kappa shape index (κ3) is 5.60. The fourth-order valence-corrected chi connectivity index (χ4v) is 2.75. The van der Waals surface area contributed by atoms with Crippen molar-refractivity contribution in [1.29, 1.82) is 0 Å². The first-order chi connectivity index (χ1) is 15.0. The summed E-state index contributed by atoms with van der Waals surface area (Å²) >= 11 is 0. The predicted molar refractivity (Wildman–Crippen MR) is 115 cm³/mol. The average Bonchev–Trinajstić information content (AvgIpc) is 2.78. The Morgan fingerprint density at radius 1 is 0.839 bits per heavy atom. The van der Waals surface area contributed by atoms with Crippen molar-refractivity contribution >= 4 is 29.2 Å². The summed E-state index contributed by atoms with van der Waals surface area (Å²) in [6.07, 6.45) is 0. The van der Waals surface area contributed by atoms with Crippen molar-refractivity contribution in [3.63, 3.8) is 0 Å². The van der Waals surface area contributed by atoms with Gasteiger partial charge in [0, 0.05) is 5.69 Å². The maximum Gasteiger partial charge on any atom is 0.335 e. The largest absolute Gasteiger partial charge is 0.493 e. The van der Waals surface area contributed by atoms with Gasteiger partial charge in [0.2, 0.25) is 0 Å². The quantitative estimate of drug-likeness (QED) is 0.512. The number of carboxylic acid groups (broad SMARTS) is 1. The normalized spacial score (nSPS) is 10.1. The molecule has 0 unspecified atom stereocenters. The molecule has 0 aliphatic rings. The molecule has 0 saturated carbocycles. The first-order valence-electron chi connectivity index (χ1n) is 9.27. The van der Waals surface area contributed by atoms with Gasteiger partial charge in [0.1, 0.15) is 0 Å². The van der Waals surface area contributed by atoms with Gasteiger partial charge in [0.05, 0.1) is 23.9 Å². The molecule has 0 aliphatic carbocycles. The highest BCUT2D eigenvalue weighted by Gasteiger charge is 2.14. The molecule has 0 aliphatic heterocycles. The number of carbonyl (C=O) groups is 3. The minimum Gasteiger partial charge on any atom is -0.493 e. The van der Waals surface area contributed by atoms with E-state index in [0.717, 1.165) is 0 Å². The first kappa shape index (κ1) is 21.4. The molecular formula is C23H20N2O6. The third-order valence-electron chi connectivity index (χ3n) is 4.26. The zero-order valence-corrected chi connectivity index (χ0v) is 16.6. The van der Waals surface area contributed by atoms with Crippen LogP contribution in [-0.2, 0) is 4.79 Å². The Morgan fingerprint density at radius 2 is 1.48 bits per heavy atom. The van der Waals surface area contributed by atoms with Crippen molar-refractivity contribution < 1.29 is 29.0 Å². The second kappa shape index (κ2) is 9.93. The molecule has 0 spiro atoms. The van der Waals surface area contributed by atoms with Gasteiger partial charge in [-0.25, -0.2) is 4.79 Å². The van der Waals surface area contributed by atoms with Crippen LogP contribution in [0.15, 0.2) is 72.8 Å². The number of ether oxygens (including phenoxy) is 2. The second-order valence-electron chi connectivity index (χ2n) is 6.37. The van der Waals surface area contributed by atoms with Crippen LogP contribution in [0.25, 0.3) is 0 Å². The molecule has 8 heteroatoms. The molecule has 3 aromatic carbocycles. The molecule has 0 heterocycles. The van der Waals surface area contributed by atoms with Crippen LogP contribution in [0.4, 0.5) is 11.4 Å². The van der Waals surface area contributed by atoms with Crippen molar-refractivity contribution in [2.24, 2.45) is 0 Å². The molecule has 3 aromatic rings. The summed E-state index contributed by atoms with van der Waals surface area (Å²) in [5, 5.41) is 14.3. The van der Waals surface area contributed by atoms with Crippen LogP contribution in [0.3, 0.4) is 0 Å². The standard InChI is InChI=1S/C23H20N2O6/c1-30-19-8-4-5-9-20(19)31-14-21(26)25-18-7-3-2-6-17(18)22(27)24-16-12-10-15(11-13-16)23(28)29/h2-13H,14H2,1H3,(H,24,27)(H,25,26)(H,28,29). The molecule has 3 rings (SSSR count). The van der Waals surface area contributed by atoms with Gasteiger partial charge in [-0.3, -0.25) is 9.59 Å². The van der Waals surface area contributed by atoms with Crippen molar-refractivity contribution in [1.82, 2.24) is 0 Å². The Balaban J connectivity index is 1.66. The Kier molecular flexibility index (Phi) is 6.85. The number of anilines is 2. The lowest BCUT2D eigenvalue weighted by Gasteiger charge is -2.13. The maximum atomic E-state index is 12.7. The van der Waals surface area contributed by atoms with Crippen molar-refractivity contribution in [3.8, 4) is 11.5 Å². The van der Waals surface area contributed by atoms with Crippen LogP contribution >= 0.6 is 0 Å². The molecule has 31 heavy (non-hydrogen) atoms. The highest BCUT2D eigenvalue weighted by molar-refractivity contribution is 6.10. The minimum absolute atomic E-state index is 0.112. The number of hydrogen-bond donors (Lipinski definition) is 3. The van der Waals surface area contributed by atoms with Crippen LogP contribution < -0.4 is 20.1 Å². The molecule has 8 nitrogen and oxygen atoms in total. The van der Waals surface area contributed by atoms with E-state index in [9.17, 15) is 14.4 Å². The molecule has 0 atom stereocenters. The average molecular weight is 420 g/mol. The number of hydrogen-bond acceptors (Lipinski definition) is 5. The van der Waals surface area contributed by atoms with Crippen LogP contribution in [0.5, 0.6) is 11.5 Å². The fraction of sp³-hybridized carbons (Fsp3) is 0.0870. The van der Waals surface area contributed by atoms with Gasteiger partial charge >= 0.3 is 5.97 Å². The number of nitrogens with one attached hydrogen (secondary N) is 2. The van der Waals surface area contributed by atoms with Gasteiger partial charge in [0.25, 0.3) is 11.8 Å². The third-order valence-corrected chi connectivity index (χ3v) is 4.26. The van der Waals surface area contributed by atoms with E-state index in [4.69, 9.17) is 14.6 Å². The lowest BCUT2D eigenvalue weighted by molar-refractivity contribution is -0.118. The monoisotopic (exact) mass is 420 g/mol. The number of para-hydroxylation sites is 3. The number of rotatable bonds is 8. The van der Waals surface area contributed by atoms with Gasteiger partial charge in [-0.05, 0) is 48.5 Å². The molecule has 3 N–H and O–H groups in total. The van der Waals surface area contributed by atoms with Gasteiger partial charge in [-0.2, -0.15) is 0 Å². The van der Waals surface area contributed by atoms with E-state index in [1.807, 2.05) is 0 Å². The smallest absolute Gasteiger partial charge is 0.335 e. The summed E-state index contributed by atoms with van der Waals surface area (Å²) in [5.74, 6) is -1.03. The number of carboxylic acids is 1. The number of methoxy groups -OCH3 is 1. The highest BCUT2D eigenvalue weighted by atomic mass is 16.5. The number of benzene rings is 3. The summed E-state index contributed by atoms with van der Waals surface area (Å²) in [4.78, 5) is 36.0. The molecule has 0 bridgehead atoms. The van der Waals surface area contributed by atoms with E-state index < -0.39 is 17.8 Å². The maximum absolute atomic E-state index is 12.7. The Hall–Kier alpha value is -4.33. The molecule has 158 valence electrons. The van der Waals surface area contributed by atoms with E-state index in [0.29, 0.717) is 22.9 Å². The van der Waals surface area contributed by atoms with E-state index >= 15 is 0 Å². The molecular weight excluding hydrogens is 400 g/mol. The van der Waals surface area contributed by atoms with Gasteiger partial charge < -0.3 is 25.2 Å². The van der Waals surface area contributed by atoms with Crippen molar-refractivity contribution in [2.75, 3.05) is 24.4 Å². The number of aromatic carboxylic acids is 1. The van der Waals surface area contributed by atoms with Gasteiger partial charge in [-0.15, -0.1) is 0 Å². The zero-order valence-electron chi connectivity index (χ0n) is 16.6. The minimum atomic E-state index is -1.05. The van der Waals surface area contributed by atoms with Crippen LogP contribution in [0.2, 0.25) is 0 Å². The molecule has 0 saturated heterocycles. The molecule has 0 fully saturated rings. The van der Waals surface area contributed by atoms with Crippen LogP contribution in [0, 0.1) is 0 Å². The highest BCUT2D eigenvalue weighted by Crippen LogP contribution is 2.25. The number of amides is 2. The predicted octanol–water partition coefficient (Wildman–Crippen LogP) is 3.66. The van der Waals surface area contributed by atoms with E-state index in [1.54, 1.807) is 48.5 Å². The van der Waals surface area contributed by atoms with Crippen molar-refractivity contribution in [3.05, 3.63) is 83.9 Å². The first-order valence-corrected chi connectivity index (χ1v) is 9.27. The molecule has 0 aromatic heterocycles. The Bertz CT molecular complexity index is 1100. The summed E-state index contributed by atoms with van der Waals surface area (Å²) in [6, 6.07) is 19.2. The van der Waals surface area contributed by atoms with Crippen LogP contribution in [0.1, 0.15) is 20.7 Å². The van der Waals surface area contributed by atoms with Gasteiger partial charge in [0.15, 0.2) is 18.1 Å². The summed E-state index contributed by atoms with van der Waals surface area (Å²) < 4.78 is 10.7. The van der Waals surface area contributed by atoms with E-state index in [1.165, 1.54) is 31.4 Å². The number of carbonyl (C=O) groups excluding carboxylic acids is 2. The summed E-state index contributed by atoms with van der Waals surface area (Å²) in [6.45, 7) is -0.271. The topological polar surface area (TPSA) is 114 Å². The summed E-state index contributed by atoms with van der Waals surface area (Å²) in [7, 11) is 1.51. The second-order valence-corrected chi connectivity index (χ2v) is 6.37. The van der Waals surface area contributed by atoms with E-state index in [2.05, 4.69) is 10.6 Å². The lowest BCUT2D eigenvalue weighted by atomic mass is 10.1. The van der Waals surface area contributed by atoms with Crippen LogP contribution in [-0.4, -0.2) is 36.6 Å².